The Hall–Kier alpha value is -1.25. The predicted octanol–water partition coefficient (Wildman–Crippen LogP) is 1.57. The van der Waals surface area contributed by atoms with E-state index in [1.165, 1.54) is 6.26 Å². The Morgan fingerprint density at radius 2 is 2.36 bits per heavy atom. The third-order valence-electron chi connectivity index (χ3n) is 1.14. The molecule has 0 aromatic rings. The predicted molar refractivity (Wildman–Crippen MR) is 42.2 cm³/mol. The van der Waals surface area contributed by atoms with Crippen molar-refractivity contribution in [3.63, 3.8) is 0 Å². The van der Waals surface area contributed by atoms with Crippen LogP contribution >= 0.6 is 0 Å². The summed E-state index contributed by atoms with van der Waals surface area (Å²) in [6.45, 7) is 5.39. The lowest BCUT2D eigenvalue weighted by atomic mass is 10.2. The molecule has 3 nitrogen and oxygen atoms in total. The van der Waals surface area contributed by atoms with Crippen molar-refractivity contribution < 1.29 is 14.6 Å². The fourth-order valence-corrected chi connectivity index (χ4v) is 0.514. The van der Waals surface area contributed by atoms with Gasteiger partial charge >= 0.3 is 5.97 Å². The third kappa shape index (κ3) is 5.21. The molecule has 0 aromatic heterocycles. The Morgan fingerprint density at radius 3 is 2.82 bits per heavy atom. The summed E-state index contributed by atoms with van der Waals surface area (Å²) in [7, 11) is 0. The van der Waals surface area contributed by atoms with E-state index in [9.17, 15) is 4.79 Å². The lowest BCUT2D eigenvalue weighted by Crippen LogP contribution is -1.96. The van der Waals surface area contributed by atoms with Gasteiger partial charge in [0.25, 0.3) is 0 Å². The van der Waals surface area contributed by atoms with Crippen LogP contribution < -0.4 is 0 Å². The normalized spacial score (nSPS) is 10.8. The lowest BCUT2D eigenvalue weighted by molar-refractivity contribution is -0.132. The molecule has 0 rings (SSSR count). The van der Waals surface area contributed by atoms with Crippen LogP contribution in [0, 0.1) is 0 Å². The summed E-state index contributed by atoms with van der Waals surface area (Å²) < 4.78 is 4.79. The fourth-order valence-electron chi connectivity index (χ4n) is 0.514. The minimum absolute atomic E-state index is 0.345. The van der Waals surface area contributed by atoms with Crippen LogP contribution in [0.3, 0.4) is 0 Å². The van der Waals surface area contributed by atoms with Gasteiger partial charge < -0.3 is 9.84 Å². The number of carbonyl (C=O) groups is 1. The second kappa shape index (κ2) is 5.53. The molecule has 0 saturated heterocycles. The Balaban J connectivity index is 3.56. The first-order chi connectivity index (χ1) is 5.18. The standard InChI is InChI=1S/C8H12O3/c1-3-11-6-4-5-7(2)8(9)10/h3,5H,1,4,6H2,2H3,(H,9,10)/b7-5+. The highest BCUT2D eigenvalue weighted by atomic mass is 16.5. The molecule has 11 heavy (non-hydrogen) atoms. The molecule has 0 radical (unpaired) electrons. The average Bonchev–Trinajstić information content (AvgIpc) is 1.97. The van der Waals surface area contributed by atoms with Crippen molar-refractivity contribution >= 4 is 5.97 Å². The first-order valence-corrected chi connectivity index (χ1v) is 3.31. The molecule has 0 aliphatic rings. The second-order valence-electron chi connectivity index (χ2n) is 2.02. The number of aliphatic carboxylic acids is 1. The zero-order chi connectivity index (χ0) is 8.69. The van der Waals surface area contributed by atoms with E-state index in [-0.39, 0.29) is 0 Å². The summed E-state index contributed by atoms with van der Waals surface area (Å²) in [6.07, 6.45) is 3.56. The van der Waals surface area contributed by atoms with Gasteiger partial charge in [-0.05, 0) is 6.92 Å². The molecule has 0 amide bonds. The van der Waals surface area contributed by atoms with Crippen molar-refractivity contribution in [3.8, 4) is 0 Å². The van der Waals surface area contributed by atoms with Crippen LogP contribution in [0.15, 0.2) is 24.5 Å². The van der Waals surface area contributed by atoms with Gasteiger partial charge in [-0.3, -0.25) is 0 Å². The van der Waals surface area contributed by atoms with Crippen molar-refractivity contribution in [2.24, 2.45) is 0 Å². The van der Waals surface area contributed by atoms with Crippen LogP contribution in [-0.2, 0) is 9.53 Å². The van der Waals surface area contributed by atoms with Crippen molar-refractivity contribution in [1.29, 1.82) is 0 Å². The molecular weight excluding hydrogens is 144 g/mol. The minimum Gasteiger partial charge on any atom is -0.501 e. The zero-order valence-corrected chi connectivity index (χ0v) is 6.54. The lowest BCUT2D eigenvalue weighted by Gasteiger charge is -1.95. The monoisotopic (exact) mass is 156 g/mol. The van der Waals surface area contributed by atoms with Gasteiger partial charge in [-0.1, -0.05) is 12.7 Å². The fraction of sp³-hybridized carbons (Fsp3) is 0.375. The van der Waals surface area contributed by atoms with Gasteiger partial charge in [0, 0.05) is 12.0 Å². The summed E-state index contributed by atoms with van der Waals surface area (Å²) in [4.78, 5) is 10.2. The molecule has 0 aliphatic heterocycles. The number of carboxylic acids is 1. The van der Waals surface area contributed by atoms with Crippen molar-refractivity contribution in [1.82, 2.24) is 0 Å². The first kappa shape index (κ1) is 9.75. The Bertz CT molecular complexity index is 170. The molecule has 0 spiro atoms. The largest absolute Gasteiger partial charge is 0.501 e. The van der Waals surface area contributed by atoms with Crippen molar-refractivity contribution in [2.45, 2.75) is 13.3 Å². The Kier molecular flexibility index (Phi) is 4.90. The van der Waals surface area contributed by atoms with E-state index in [1.807, 2.05) is 0 Å². The van der Waals surface area contributed by atoms with Gasteiger partial charge in [-0.25, -0.2) is 4.79 Å². The second-order valence-corrected chi connectivity index (χ2v) is 2.02. The van der Waals surface area contributed by atoms with E-state index in [0.29, 0.717) is 18.6 Å². The number of hydrogen-bond donors (Lipinski definition) is 1. The highest BCUT2D eigenvalue weighted by molar-refractivity contribution is 5.85. The molecule has 0 heterocycles. The number of ether oxygens (including phenoxy) is 1. The van der Waals surface area contributed by atoms with E-state index in [4.69, 9.17) is 9.84 Å². The van der Waals surface area contributed by atoms with E-state index in [0.717, 1.165) is 0 Å². The Morgan fingerprint density at radius 1 is 1.73 bits per heavy atom. The molecule has 0 unspecified atom stereocenters. The molecule has 0 aromatic carbocycles. The van der Waals surface area contributed by atoms with Crippen LogP contribution in [0.4, 0.5) is 0 Å². The molecular formula is C8H12O3. The summed E-state index contributed by atoms with van der Waals surface area (Å²) in [5.41, 5.74) is 0.345. The van der Waals surface area contributed by atoms with Crippen LogP contribution in [0.2, 0.25) is 0 Å². The zero-order valence-electron chi connectivity index (χ0n) is 6.54. The smallest absolute Gasteiger partial charge is 0.330 e. The van der Waals surface area contributed by atoms with E-state index >= 15 is 0 Å². The quantitative estimate of drug-likeness (QED) is 0.373. The van der Waals surface area contributed by atoms with Gasteiger partial charge in [0.05, 0.1) is 12.9 Å². The maximum atomic E-state index is 10.2. The summed E-state index contributed by atoms with van der Waals surface area (Å²) >= 11 is 0. The Labute approximate surface area is 66.0 Å². The summed E-state index contributed by atoms with van der Waals surface area (Å²) in [5, 5.41) is 8.41. The molecule has 62 valence electrons. The molecule has 0 bridgehead atoms. The minimum atomic E-state index is -0.886. The van der Waals surface area contributed by atoms with Crippen LogP contribution in [0.1, 0.15) is 13.3 Å². The van der Waals surface area contributed by atoms with Crippen molar-refractivity contribution in [3.05, 3.63) is 24.5 Å². The maximum absolute atomic E-state index is 10.2. The van der Waals surface area contributed by atoms with Gasteiger partial charge in [0.2, 0.25) is 0 Å². The average molecular weight is 156 g/mol. The molecule has 3 heteroatoms. The van der Waals surface area contributed by atoms with Crippen molar-refractivity contribution in [2.75, 3.05) is 6.61 Å². The number of hydrogen-bond acceptors (Lipinski definition) is 2. The van der Waals surface area contributed by atoms with Crippen LogP contribution in [0.25, 0.3) is 0 Å². The van der Waals surface area contributed by atoms with E-state index < -0.39 is 5.97 Å². The van der Waals surface area contributed by atoms with Gasteiger partial charge in [0.15, 0.2) is 0 Å². The first-order valence-electron chi connectivity index (χ1n) is 3.31. The molecule has 0 atom stereocenters. The summed E-state index contributed by atoms with van der Waals surface area (Å²) in [6, 6.07) is 0. The van der Waals surface area contributed by atoms with Crippen LogP contribution in [0.5, 0.6) is 0 Å². The van der Waals surface area contributed by atoms with Gasteiger partial charge in [0.1, 0.15) is 0 Å². The number of carboxylic acid groups (broad SMARTS) is 1. The number of rotatable bonds is 5. The molecule has 0 fully saturated rings. The highest BCUT2D eigenvalue weighted by Gasteiger charge is 1.96. The van der Waals surface area contributed by atoms with Gasteiger partial charge in [-0.15, -0.1) is 0 Å². The molecule has 0 saturated carbocycles. The maximum Gasteiger partial charge on any atom is 0.330 e. The van der Waals surface area contributed by atoms with E-state index in [2.05, 4.69) is 6.58 Å². The SMILES string of the molecule is C=COCC/C=C(\C)C(=O)O. The molecule has 0 aliphatic carbocycles. The van der Waals surface area contributed by atoms with E-state index in [1.54, 1.807) is 13.0 Å². The van der Waals surface area contributed by atoms with Gasteiger partial charge in [-0.2, -0.15) is 0 Å². The third-order valence-corrected chi connectivity index (χ3v) is 1.14. The highest BCUT2D eigenvalue weighted by Crippen LogP contribution is 1.95. The topological polar surface area (TPSA) is 46.5 Å². The molecule has 1 N–H and O–H groups in total. The van der Waals surface area contributed by atoms with Crippen LogP contribution in [-0.4, -0.2) is 17.7 Å². The summed E-state index contributed by atoms with van der Waals surface area (Å²) in [5.74, 6) is -0.886.